The molecule has 1 aliphatic heterocycles. The Kier molecular flexibility index (Phi) is 5.83. The quantitative estimate of drug-likeness (QED) is 0.542. The highest BCUT2D eigenvalue weighted by molar-refractivity contribution is 7.99. The zero-order valence-corrected chi connectivity index (χ0v) is 16.7. The normalized spacial score (nSPS) is 13.8. The molecule has 8 heteroatoms. The van der Waals surface area contributed by atoms with Crippen molar-refractivity contribution in [1.82, 2.24) is 19.7 Å². The standard InChI is InChI=1S/C20H19ClN4O2S/c21-17-9-5-4-8-16(17)18-22-23-19(25(18)14-15-6-2-1-3-7-15)28-13-11-24-10-12-27-20(24)26/h1-9H,10-14H2. The summed E-state index contributed by atoms with van der Waals surface area (Å²) in [6.07, 6.45) is -0.247. The SMILES string of the molecule is O=C1OCCN1CCSc1nnc(-c2ccccc2Cl)n1Cc1ccccc1. The number of halogens is 1. The second-order valence-electron chi connectivity index (χ2n) is 6.31. The van der Waals surface area contributed by atoms with E-state index < -0.39 is 0 Å². The Labute approximate surface area is 172 Å². The van der Waals surface area contributed by atoms with Gasteiger partial charge in [-0.3, -0.25) is 4.57 Å². The highest BCUT2D eigenvalue weighted by atomic mass is 35.5. The van der Waals surface area contributed by atoms with Gasteiger partial charge in [0, 0.05) is 17.9 Å². The lowest BCUT2D eigenvalue weighted by atomic mass is 10.2. The van der Waals surface area contributed by atoms with Gasteiger partial charge in [0.1, 0.15) is 6.61 Å². The largest absolute Gasteiger partial charge is 0.448 e. The number of nitrogens with zero attached hydrogens (tertiary/aromatic N) is 4. The van der Waals surface area contributed by atoms with Crippen LogP contribution in [0.25, 0.3) is 11.4 Å². The van der Waals surface area contributed by atoms with E-state index in [1.165, 1.54) is 0 Å². The molecule has 1 aromatic heterocycles. The molecular formula is C20H19ClN4O2S. The average molecular weight is 415 g/mol. The molecule has 1 fully saturated rings. The maximum atomic E-state index is 11.6. The van der Waals surface area contributed by atoms with Gasteiger partial charge in [0.05, 0.1) is 18.1 Å². The van der Waals surface area contributed by atoms with Crippen molar-refractivity contribution in [1.29, 1.82) is 0 Å². The summed E-state index contributed by atoms with van der Waals surface area (Å²) in [5, 5.41) is 10.2. The number of ether oxygens (including phenoxy) is 1. The minimum absolute atomic E-state index is 0.247. The van der Waals surface area contributed by atoms with Crippen molar-refractivity contribution in [3.63, 3.8) is 0 Å². The van der Waals surface area contributed by atoms with Crippen LogP contribution < -0.4 is 0 Å². The van der Waals surface area contributed by atoms with Crippen molar-refractivity contribution in [2.24, 2.45) is 0 Å². The number of carbonyl (C=O) groups excluding carboxylic acids is 1. The summed E-state index contributed by atoms with van der Waals surface area (Å²) in [5.74, 6) is 1.45. The van der Waals surface area contributed by atoms with Crippen LogP contribution in [0, 0.1) is 0 Å². The van der Waals surface area contributed by atoms with E-state index in [-0.39, 0.29) is 6.09 Å². The lowest BCUT2D eigenvalue weighted by molar-refractivity contribution is 0.160. The van der Waals surface area contributed by atoms with Crippen molar-refractivity contribution in [3.05, 3.63) is 65.2 Å². The lowest BCUT2D eigenvalue weighted by Gasteiger charge is -2.13. The van der Waals surface area contributed by atoms with E-state index in [1.54, 1.807) is 16.7 Å². The van der Waals surface area contributed by atoms with Gasteiger partial charge in [-0.05, 0) is 17.7 Å². The van der Waals surface area contributed by atoms with Gasteiger partial charge in [0.2, 0.25) is 0 Å². The van der Waals surface area contributed by atoms with Crippen LogP contribution in [0.1, 0.15) is 5.56 Å². The molecule has 2 heterocycles. The molecule has 6 nitrogen and oxygen atoms in total. The third kappa shape index (κ3) is 4.15. The van der Waals surface area contributed by atoms with Crippen molar-refractivity contribution in [2.75, 3.05) is 25.4 Å². The molecule has 1 aliphatic rings. The maximum Gasteiger partial charge on any atom is 0.409 e. The van der Waals surface area contributed by atoms with E-state index >= 15 is 0 Å². The Bertz CT molecular complexity index is 964. The Hall–Kier alpha value is -2.51. The Balaban J connectivity index is 1.58. The maximum absolute atomic E-state index is 11.6. The molecule has 0 saturated carbocycles. The van der Waals surface area contributed by atoms with Crippen LogP contribution >= 0.6 is 23.4 Å². The number of hydrogen-bond donors (Lipinski definition) is 0. The van der Waals surface area contributed by atoms with E-state index in [0.717, 1.165) is 22.1 Å². The average Bonchev–Trinajstić information content (AvgIpc) is 3.30. The molecule has 4 rings (SSSR count). The molecule has 0 radical (unpaired) electrons. The number of rotatable bonds is 7. The highest BCUT2D eigenvalue weighted by Crippen LogP contribution is 2.30. The summed E-state index contributed by atoms with van der Waals surface area (Å²) in [6, 6.07) is 17.8. The topological polar surface area (TPSA) is 60.2 Å². The zero-order valence-electron chi connectivity index (χ0n) is 15.1. The molecule has 2 aromatic carbocycles. The molecule has 1 amide bonds. The van der Waals surface area contributed by atoms with Crippen LogP contribution in [-0.2, 0) is 11.3 Å². The first-order valence-electron chi connectivity index (χ1n) is 8.99. The van der Waals surface area contributed by atoms with Crippen molar-refractivity contribution in [3.8, 4) is 11.4 Å². The van der Waals surface area contributed by atoms with Gasteiger partial charge in [0.15, 0.2) is 11.0 Å². The summed E-state index contributed by atoms with van der Waals surface area (Å²) in [4.78, 5) is 13.3. The number of thioether (sulfide) groups is 1. The van der Waals surface area contributed by atoms with Gasteiger partial charge in [0.25, 0.3) is 0 Å². The predicted octanol–water partition coefficient (Wildman–Crippen LogP) is 4.19. The second-order valence-corrected chi connectivity index (χ2v) is 7.78. The number of aromatic nitrogens is 3. The van der Waals surface area contributed by atoms with E-state index in [4.69, 9.17) is 16.3 Å². The summed E-state index contributed by atoms with van der Waals surface area (Å²) in [7, 11) is 0. The number of cyclic esters (lactones) is 1. The molecular weight excluding hydrogens is 396 g/mol. The molecule has 1 saturated heterocycles. The van der Waals surface area contributed by atoms with E-state index in [0.29, 0.717) is 37.0 Å². The minimum Gasteiger partial charge on any atom is -0.448 e. The van der Waals surface area contributed by atoms with Crippen molar-refractivity contribution >= 4 is 29.5 Å². The Morgan fingerprint density at radius 1 is 1.07 bits per heavy atom. The smallest absolute Gasteiger partial charge is 0.409 e. The minimum atomic E-state index is -0.247. The highest BCUT2D eigenvalue weighted by Gasteiger charge is 2.22. The summed E-state index contributed by atoms with van der Waals surface area (Å²) in [6.45, 7) is 2.36. The van der Waals surface area contributed by atoms with Gasteiger partial charge in [-0.15, -0.1) is 10.2 Å². The Morgan fingerprint density at radius 2 is 1.86 bits per heavy atom. The van der Waals surface area contributed by atoms with Gasteiger partial charge < -0.3 is 9.64 Å². The van der Waals surface area contributed by atoms with Crippen LogP contribution in [0.5, 0.6) is 0 Å². The number of benzene rings is 2. The third-order valence-electron chi connectivity index (χ3n) is 4.45. The zero-order chi connectivity index (χ0) is 19.3. The predicted molar refractivity (Wildman–Crippen MR) is 110 cm³/mol. The summed E-state index contributed by atoms with van der Waals surface area (Å²) >= 11 is 7.98. The molecule has 144 valence electrons. The van der Waals surface area contributed by atoms with E-state index in [9.17, 15) is 4.79 Å². The van der Waals surface area contributed by atoms with E-state index in [1.807, 2.05) is 42.5 Å². The molecule has 0 spiro atoms. The first kappa shape index (κ1) is 18.8. The van der Waals surface area contributed by atoms with Gasteiger partial charge in [-0.1, -0.05) is 65.8 Å². The third-order valence-corrected chi connectivity index (χ3v) is 5.73. The lowest BCUT2D eigenvalue weighted by Crippen LogP contribution is -2.26. The number of hydrogen-bond acceptors (Lipinski definition) is 5. The molecule has 0 unspecified atom stereocenters. The molecule has 28 heavy (non-hydrogen) atoms. The van der Waals surface area contributed by atoms with Gasteiger partial charge in [-0.2, -0.15) is 0 Å². The molecule has 0 aliphatic carbocycles. The fourth-order valence-corrected chi connectivity index (χ4v) is 4.14. The fraction of sp³-hybridized carbons (Fsp3) is 0.250. The monoisotopic (exact) mass is 414 g/mol. The molecule has 3 aromatic rings. The van der Waals surface area contributed by atoms with Crippen LogP contribution in [-0.4, -0.2) is 51.2 Å². The van der Waals surface area contributed by atoms with Crippen LogP contribution in [0.2, 0.25) is 5.02 Å². The Morgan fingerprint density at radius 3 is 2.61 bits per heavy atom. The molecule has 0 bridgehead atoms. The van der Waals surface area contributed by atoms with Crippen molar-refractivity contribution < 1.29 is 9.53 Å². The van der Waals surface area contributed by atoms with Crippen LogP contribution in [0.3, 0.4) is 0 Å². The van der Waals surface area contributed by atoms with E-state index in [2.05, 4.69) is 26.9 Å². The first-order valence-corrected chi connectivity index (χ1v) is 10.4. The van der Waals surface area contributed by atoms with Gasteiger partial charge >= 0.3 is 6.09 Å². The molecule has 0 atom stereocenters. The summed E-state index contributed by atoms with van der Waals surface area (Å²) < 4.78 is 7.05. The fourth-order valence-electron chi connectivity index (χ4n) is 3.02. The van der Waals surface area contributed by atoms with Crippen molar-refractivity contribution in [2.45, 2.75) is 11.7 Å². The summed E-state index contributed by atoms with van der Waals surface area (Å²) in [5.41, 5.74) is 2.00. The van der Waals surface area contributed by atoms with Crippen LogP contribution in [0.4, 0.5) is 4.79 Å². The van der Waals surface area contributed by atoms with Crippen LogP contribution in [0.15, 0.2) is 59.8 Å². The number of amides is 1. The second kappa shape index (κ2) is 8.67. The molecule has 0 N–H and O–H groups in total. The van der Waals surface area contributed by atoms with Gasteiger partial charge in [-0.25, -0.2) is 4.79 Å². The first-order chi connectivity index (χ1) is 13.7. The number of carbonyl (C=O) groups is 1.